The zero-order chi connectivity index (χ0) is 15.4. The molecule has 7 heteroatoms. The van der Waals surface area contributed by atoms with Gasteiger partial charge in [0.1, 0.15) is 11.6 Å². The van der Waals surface area contributed by atoms with Crippen molar-refractivity contribution in [1.82, 2.24) is 4.98 Å². The van der Waals surface area contributed by atoms with Crippen LogP contribution in [0.3, 0.4) is 0 Å². The lowest BCUT2D eigenvalue weighted by Gasteiger charge is -2.26. The predicted octanol–water partition coefficient (Wildman–Crippen LogP) is 3.11. The minimum absolute atomic E-state index is 0.0875. The van der Waals surface area contributed by atoms with Gasteiger partial charge < -0.3 is 15.7 Å². The number of nitrogens with one attached hydrogen (secondary N) is 2. The van der Waals surface area contributed by atoms with Gasteiger partial charge in [-0.15, -0.1) is 0 Å². The Morgan fingerprint density at radius 1 is 1.15 bits per heavy atom. The summed E-state index contributed by atoms with van der Waals surface area (Å²) in [5, 5.41) is 15.5. The Bertz CT molecular complexity index is 445. The molecule has 0 fully saturated rings. The van der Waals surface area contributed by atoms with E-state index in [4.69, 9.17) is 0 Å². The van der Waals surface area contributed by atoms with E-state index >= 15 is 0 Å². The summed E-state index contributed by atoms with van der Waals surface area (Å²) in [5.74, 6) is 0.211. The van der Waals surface area contributed by atoms with Crippen LogP contribution in [0.15, 0.2) is 12.1 Å². The number of hydrogen-bond donors (Lipinski definition) is 3. The third-order valence-corrected chi connectivity index (χ3v) is 3.32. The number of aromatic nitrogens is 1. The van der Waals surface area contributed by atoms with Crippen LogP contribution in [-0.2, 0) is 6.18 Å². The van der Waals surface area contributed by atoms with Gasteiger partial charge in [-0.3, -0.25) is 0 Å². The normalized spacial score (nSPS) is 12.3. The summed E-state index contributed by atoms with van der Waals surface area (Å²) < 4.78 is 38.3. The quantitative estimate of drug-likeness (QED) is 0.754. The highest BCUT2D eigenvalue weighted by molar-refractivity contribution is 5.49. The van der Waals surface area contributed by atoms with Crippen molar-refractivity contribution >= 4 is 11.6 Å². The second kappa shape index (κ2) is 6.30. The maximum Gasteiger partial charge on any atom is 0.416 e. The van der Waals surface area contributed by atoms with E-state index < -0.39 is 17.3 Å². The van der Waals surface area contributed by atoms with Gasteiger partial charge in [-0.1, -0.05) is 13.8 Å². The van der Waals surface area contributed by atoms with E-state index in [9.17, 15) is 18.3 Å². The molecule has 0 aliphatic rings. The van der Waals surface area contributed by atoms with Crippen LogP contribution in [0.5, 0.6) is 0 Å². The second-order valence-corrected chi connectivity index (χ2v) is 4.66. The molecule has 0 unspecified atom stereocenters. The highest BCUT2D eigenvalue weighted by atomic mass is 19.4. The van der Waals surface area contributed by atoms with Crippen LogP contribution in [0.1, 0.15) is 32.3 Å². The van der Waals surface area contributed by atoms with E-state index in [1.54, 1.807) is 0 Å². The number of halogens is 3. The Balaban J connectivity index is 2.95. The Labute approximate surface area is 116 Å². The molecule has 0 spiro atoms. The number of rotatable bonds is 6. The van der Waals surface area contributed by atoms with Gasteiger partial charge in [0.25, 0.3) is 0 Å². The molecule has 1 aromatic rings. The van der Waals surface area contributed by atoms with Crippen molar-refractivity contribution < 1.29 is 18.3 Å². The van der Waals surface area contributed by atoms with Crippen molar-refractivity contribution in [3.05, 3.63) is 17.7 Å². The fourth-order valence-electron chi connectivity index (χ4n) is 1.67. The van der Waals surface area contributed by atoms with E-state index in [2.05, 4.69) is 15.6 Å². The molecule has 3 N–H and O–H groups in total. The molecule has 0 aliphatic carbocycles. The monoisotopic (exact) mass is 291 g/mol. The van der Waals surface area contributed by atoms with E-state index in [0.29, 0.717) is 12.8 Å². The van der Waals surface area contributed by atoms with Crippen LogP contribution in [0.25, 0.3) is 0 Å². The topological polar surface area (TPSA) is 57.2 Å². The van der Waals surface area contributed by atoms with Crippen LogP contribution in [0, 0.1) is 0 Å². The molecule has 0 saturated heterocycles. The molecule has 0 radical (unpaired) electrons. The molecule has 1 rings (SSSR count). The first-order valence-corrected chi connectivity index (χ1v) is 6.47. The first-order valence-electron chi connectivity index (χ1n) is 6.47. The maximum absolute atomic E-state index is 12.8. The predicted molar refractivity (Wildman–Crippen MR) is 72.8 cm³/mol. The van der Waals surface area contributed by atoms with Crippen LogP contribution in [0.2, 0.25) is 0 Å². The fourth-order valence-corrected chi connectivity index (χ4v) is 1.67. The van der Waals surface area contributed by atoms with E-state index in [0.717, 1.165) is 12.1 Å². The lowest BCUT2D eigenvalue weighted by Crippen LogP contribution is -2.35. The van der Waals surface area contributed by atoms with Crippen molar-refractivity contribution in [2.45, 2.75) is 38.5 Å². The molecular formula is C13H20F3N3O. The summed E-state index contributed by atoms with van der Waals surface area (Å²) in [4.78, 5) is 4.00. The molecule has 0 amide bonds. The largest absolute Gasteiger partial charge is 0.416 e. The van der Waals surface area contributed by atoms with Gasteiger partial charge in [0.15, 0.2) is 0 Å². The van der Waals surface area contributed by atoms with Gasteiger partial charge in [0.05, 0.1) is 11.2 Å². The summed E-state index contributed by atoms with van der Waals surface area (Å²) in [6.07, 6.45) is -3.42. The van der Waals surface area contributed by atoms with Gasteiger partial charge in [-0.25, -0.2) is 4.98 Å². The lowest BCUT2D eigenvalue weighted by atomic mass is 9.98. The summed E-state index contributed by atoms with van der Waals surface area (Å²) in [6, 6.07) is 1.88. The van der Waals surface area contributed by atoms with Gasteiger partial charge in [0, 0.05) is 13.6 Å². The SMILES string of the molecule is CCC(O)(CC)CNc1cc(C(F)(F)F)cc(NC)n1. The van der Waals surface area contributed by atoms with Crippen molar-refractivity contribution in [2.24, 2.45) is 0 Å². The Kier molecular flexibility index (Phi) is 5.21. The van der Waals surface area contributed by atoms with Crippen LogP contribution < -0.4 is 10.6 Å². The van der Waals surface area contributed by atoms with Crippen molar-refractivity contribution in [1.29, 1.82) is 0 Å². The molecule has 4 nitrogen and oxygen atoms in total. The minimum atomic E-state index is -4.43. The van der Waals surface area contributed by atoms with Crippen LogP contribution in [-0.4, -0.2) is 29.3 Å². The van der Waals surface area contributed by atoms with Gasteiger partial charge in [-0.2, -0.15) is 13.2 Å². The first-order chi connectivity index (χ1) is 9.24. The molecule has 1 heterocycles. The number of pyridine rings is 1. The molecule has 1 aromatic heterocycles. The summed E-state index contributed by atoms with van der Waals surface area (Å²) in [7, 11) is 1.50. The van der Waals surface area contributed by atoms with Crippen molar-refractivity contribution in [2.75, 3.05) is 24.2 Å². The molecule has 0 saturated carbocycles. The smallest absolute Gasteiger partial charge is 0.388 e. The molecule has 114 valence electrons. The number of nitrogens with zero attached hydrogens (tertiary/aromatic N) is 1. The Hall–Kier alpha value is -1.50. The average Bonchev–Trinajstić information content (AvgIpc) is 2.43. The van der Waals surface area contributed by atoms with E-state index in [1.165, 1.54) is 7.05 Å². The zero-order valence-electron chi connectivity index (χ0n) is 11.8. The maximum atomic E-state index is 12.8. The van der Waals surface area contributed by atoms with Crippen molar-refractivity contribution in [3.8, 4) is 0 Å². The zero-order valence-corrected chi connectivity index (χ0v) is 11.8. The number of anilines is 2. The van der Waals surface area contributed by atoms with Gasteiger partial charge in [-0.05, 0) is 25.0 Å². The van der Waals surface area contributed by atoms with Crippen LogP contribution >= 0.6 is 0 Å². The van der Waals surface area contributed by atoms with E-state index in [-0.39, 0.29) is 18.2 Å². The number of aliphatic hydroxyl groups is 1. The molecule has 0 atom stereocenters. The van der Waals surface area contributed by atoms with Crippen LogP contribution in [0.4, 0.5) is 24.8 Å². The molecule has 0 aromatic carbocycles. The Morgan fingerprint density at radius 2 is 1.70 bits per heavy atom. The number of alkyl halides is 3. The van der Waals surface area contributed by atoms with Gasteiger partial charge in [0.2, 0.25) is 0 Å². The third kappa shape index (κ3) is 4.26. The standard InChI is InChI=1S/C13H20F3N3O/c1-4-12(20,5-2)8-18-11-7-9(13(14,15)16)6-10(17-3)19-11/h6-7,20H,4-5,8H2,1-3H3,(H2,17,18,19). The highest BCUT2D eigenvalue weighted by Crippen LogP contribution is 2.32. The Morgan fingerprint density at radius 3 is 2.15 bits per heavy atom. The molecule has 20 heavy (non-hydrogen) atoms. The molecule has 0 bridgehead atoms. The van der Waals surface area contributed by atoms with Crippen molar-refractivity contribution in [3.63, 3.8) is 0 Å². The minimum Gasteiger partial charge on any atom is -0.388 e. The molecular weight excluding hydrogens is 271 g/mol. The average molecular weight is 291 g/mol. The summed E-state index contributed by atoms with van der Waals surface area (Å²) in [5.41, 5.74) is -1.73. The van der Waals surface area contributed by atoms with Gasteiger partial charge >= 0.3 is 6.18 Å². The summed E-state index contributed by atoms with van der Waals surface area (Å²) in [6.45, 7) is 3.80. The third-order valence-electron chi connectivity index (χ3n) is 3.32. The highest BCUT2D eigenvalue weighted by Gasteiger charge is 2.32. The first kappa shape index (κ1) is 16.6. The molecule has 0 aliphatic heterocycles. The van der Waals surface area contributed by atoms with E-state index in [1.807, 2.05) is 13.8 Å². The number of hydrogen-bond acceptors (Lipinski definition) is 4. The second-order valence-electron chi connectivity index (χ2n) is 4.66. The fraction of sp³-hybridized carbons (Fsp3) is 0.615. The lowest BCUT2D eigenvalue weighted by molar-refractivity contribution is -0.137. The summed E-state index contributed by atoms with van der Waals surface area (Å²) >= 11 is 0.